The number of nitrogens with one attached hydrogen (secondary N) is 2. The van der Waals surface area contributed by atoms with Crippen molar-refractivity contribution in [3.05, 3.63) is 41.4 Å². The minimum Gasteiger partial charge on any atom is -0.394 e. The van der Waals surface area contributed by atoms with Gasteiger partial charge in [-0.3, -0.25) is 0 Å². The van der Waals surface area contributed by atoms with Gasteiger partial charge in [0.05, 0.1) is 24.4 Å². The van der Waals surface area contributed by atoms with Crippen LogP contribution in [0.5, 0.6) is 0 Å². The summed E-state index contributed by atoms with van der Waals surface area (Å²) in [6, 6.07) is 9.67. The number of carbonyl (C=O) groups is 1. The fourth-order valence-electron chi connectivity index (χ4n) is 2.32. The number of thiazole rings is 1. The molecule has 2 rings (SSSR count). The van der Waals surface area contributed by atoms with Crippen LogP contribution in [0.2, 0.25) is 0 Å². The van der Waals surface area contributed by atoms with Crippen molar-refractivity contribution in [2.45, 2.75) is 38.8 Å². The third-order valence-corrected chi connectivity index (χ3v) is 4.51. The number of nitrogens with zero attached hydrogens (tertiary/aromatic N) is 1. The first-order chi connectivity index (χ1) is 11.1. The molecule has 1 heterocycles. The largest absolute Gasteiger partial charge is 0.394 e. The van der Waals surface area contributed by atoms with Crippen LogP contribution >= 0.6 is 11.3 Å². The Kier molecular flexibility index (Phi) is 6.12. The van der Waals surface area contributed by atoms with Crippen molar-refractivity contribution in [3.63, 3.8) is 0 Å². The van der Waals surface area contributed by atoms with E-state index >= 15 is 0 Å². The minimum atomic E-state index is -0.587. The molecule has 1 aromatic heterocycles. The number of rotatable bonds is 7. The van der Waals surface area contributed by atoms with Crippen LogP contribution in [0.4, 0.5) is 4.79 Å². The molecule has 0 saturated carbocycles. The van der Waals surface area contributed by atoms with Gasteiger partial charge in [-0.05, 0) is 13.3 Å². The summed E-state index contributed by atoms with van der Waals surface area (Å²) < 4.78 is 0. The Morgan fingerprint density at radius 1 is 1.35 bits per heavy atom. The molecular formula is C17H23N3O2S. The van der Waals surface area contributed by atoms with Gasteiger partial charge < -0.3 is 15.7 Å². The summed E-state index contributed by atoms with van der Waals surface area (Å²) in [7, 11) is 0. The van der Waals surface area contributed by atoms with Crippen molar-refractivity contribution in [1.29, 1.82) is 0 Å². The van der Waals surface area contributed by atoms with Crippen molar-refractivity contribution >= 4 is 17.4 Å². The monoisotopic (exact) mass is 333 g/mol. The van der Waals surface area contributed by atoms with E-state index in [1.807, 2.05) is 49.6 Å². The van der Waals surface area contributed by atoms with Crippen LogP contribution in [0.1, 0.15) is 32.4 Å². The molecule has 23 heavy (non-hydrogen) atoms. The van der Waals surface area contributed by atoms with E-state index in [0.717, 1.165) is 29.1 Å². The Labute approximate surface area is 140 Å². The molecule has 0 aliphatic carbocycles. The summed E-state index contributed by atoms with van der Waals surface area (Å²) in [5, 5.41) is 17.9. The zero-order valence-corrected chi connectivity index (χ0v) is 14.3. The van der Waals surface area contributed by atoms with Crippen LogP contribution in [-0.4, -0.2) is 28.3 Å². The number of carbonyl (C=O) groups excluding carboxylic acids is 1. The highest BCUT2D eigenvalue weighted by Crippen LogP contribution is 2.23. The van der Waals surface area contributed by atoms with E-state index in [2.05, 4.69) is 15.6 Å². The van der Waals surface area contributed by atoms with Gasteiger partial charge in [0.25, 0.3) is 0 Å². The van der Waals surface area contributed by atoms with Gasteiger partial charge in [0.2, 0.25) is 0 Å². The first kappa shape index (κ1) is 17.4. The summed E-state index contributed by atoms with van der Waals surface area (Å²) in [5.74, 6) is 0. The number of amides is 2. The van der Waals surface area contributed by atoms with Gasteiger partial charge in [-0.2, -0.15) is 0 Å². The second kappa shape index (κ2) is 8.08. The van der Waals surface area contributed by atoms with Gasteiger partial charge in [0, 0.05) is 10.9 Å². The van der Waals surface area contributed by atoms with E-state index in [1.165, 1.54) is 0 Å². The molecule has 0 radical (unpaired) electrons. The quantitative estimate of drug-likeness (QED) is 0.728. The third kappa shape index (κ3) is 5.04. The highest BCUT2D eigenvalue weighted by molar-refractivity contribution is 7.13. The average molecular weight is 333 g/mol. The standard InChI is InChI=1S/C17H23N3O2S/c1-3-9-17(2,12-21)20-16(22)18-10-14-11-23-15(19-14)13-7-5-4-6-8-13/h4-8,11,21H,3,9-10,12H2,1-2H3,(H2,18,20,22). The molecule has 0 aliphatic rings. The average Bonchev–Trinajstić information content (AvgIpc) is 3.03. The number of aliphatic hydroxyl groups is 1. The first-order valence-corrected chi connectivity index (χ1v) is 8.61. The summed E-state index contributed by atoms with van der Waals surface area (Å²) >= 11 is 1.56. The van der Waals surface area contributed by atoms with Crippen LogP contribution in [0.15, 0.2) is 35.7 Å². The third-order valence-electron chi connectivity index (χ3n) is 3.57. The molecule has 1 atom stereocenters. The highest BCUT2D eigenvalue weighted by Gasteiger charge is 2.24. The number of aliphatic hydroxyl groups excluding tert-OH is 1. The van der Waals surface area contributed by atoms with E-state index in [9.17, 15) is 9.90 Å². The van der Waals surface area contributed by atoms with Gasteiger partial charge in [-0.1, -0.05) is 43.7 Å². The topological polar surface area (TPSA) is 74.2 Å². The van der Waals surface area contributed by atoms with Crippen LogP contribution in [0.25, 0.3) is 10.6 Å². The Balaban J connectivity index is 1.89. The highest BCUT2D eigenvalue weighted by atomic mass is 32.1. The van der Waals surface area contributed by atoms with E-state index < -0.39 is 5.54 Å². The number of benzene rings is 1. The van der Waals surface area contributed by atoms with Gasteiger partial charge in [0.1, 0.15) is 5.01 Å². The fraction of sp³-hybridized carbons (Fsp3) is 0.412. The second-order valence-electron chi connectivity index (χ2n) is 5.79. The van der Waals surface area contributed by atoms with Crippen molar-refractivity contribution in [1.82, 2.24) is 15.6 Å². The molecule has 2 aromatic rings. The number of aromatic nitrogens is 1. The number of urea groups is 1. The molecule has 0 aliphatic heterocycles. The van der Waals surface area contributed by atoms with E-state index in [0.29, 0.717) is 6.54 Å². The lowest BCUT2D eigenvalue weighted by Crippen LogP contribution is -2.52. The molecule has 6 heteroatoms. The molecule has 1 aromatic carbocycles. The van der Waals surface area contributed by atoms with Crippen LogP contribution in [-0.2, 0) is 6.54 Å². The number of hydrogen-bond acceptors (Lipinski definition) is 4. The zero-order chi connectivity index (χ0) is 16.7. The Morgan fingerprint density at radius 3 is 2.74 bits per heavy atom. The molecule has 0 bridgehead atoms. The Hall–Kier alpha value is -1.92. The second-order valence-corrected chi connectivity index (χ2v) is 6.64. The molecule has 124 valence electrons. The maximum Gasteiger partial charge on any atom is 0.315 e. The van der Waals surface area contributed by atoms with E-state index in [1.54, 1.807) is 11.3 Å². The predicted molar refractivity (Wildman–Crippen MR) is 93.3 cm³/mol. The predicted octanol–water partition coefficient (Wildman–Crippen LogP) is 3.16. The summed E-state index contributed by atoms with van der Waals surface area (Å²) in [6.45, 7) is 4.15. The van der Waals surface area contributed by atoms with Gasteiger partial charge in [-0.25, -0.2) is 9.78 Å². The lowest BCUT2D eigenvalue weighted by Gasteiger charge is -2.28. The van der Waals surface area contributed by atoms with E-state index in [-0.39, 0.29) is 12.6 Å². The molecule has 0 saturated heterocycles. The smallest absolute Gasteiger partial charge is 0.315 e. The van der Waals surface area contributed by atoms with Crippen molar-refractivity contribution in [3.8, 4) is 10.6 Å². The zero-order valence-electron chi connectivity index (χ0n) is 13.5. The maximum absolute atomic E-state index is 12.0. The lowest BCUT2D eigenvalue weighted by molar-refractivity contribution is 0.163. The number of hydrogen-bond donors (Lipinski definition) is 3. The summed E-state index contributed by atoms with van der Waals surface area (Å²) in [5.41, 5.74) is 1.31. The van der Waals surface area contributed by atoms with Crippen LogP contribution in [0, 0.1) is 0 Å². The van der Waals surface area contributed by atoms with Crippen molar-refractivity contribution < 1.29 is 9.90 Å². The Bertz CT molecular complexity index is 630. The molecular weight excluding hydrogens is 310 g/mol. The first-order valence-electron chi connectivity index (χ1n) is 7.73. The molecule has 2 amide bonds. The fourth-order valence-corrected chi connectivity index (χ4v) is 3.15. The van der Waals surface area contributed by atoms with E-state index in [4.69, 9.17) is 0 Å². The Morgan fingerprint density at radius 2 is 2.09 bits per heavy atom. The minimum absolute atomic E-state index is 0.0802. The molecule has 5 nitrogen and oxygen atoms in total. The molecule has 0 fully saturated rings. The van der Waals surface area contributed by atoms with Crippen LogP contribution < -0.4 is 10.6 Å². The van der Waals surface area contributed by atoms with Gasteiger partial charge in [0.15, 0.2) is 0 Å². The van der Waals surface area contributed by atoms with Crippen LogP contribution in [0.3, 0.4) is 0 Å². The molecule has 3 N–H and O–H groups in total. The molecule has 0 spiro atoms. The summed E-state index contributed by atoms with van der Waals surface area (Å²) in [4.78, 5) is 16.5. The maximum atomic E-state index is 12.0. The summed E-state index contributed by atoms with van der Waals surface area (Å²) in [6.07, 6.45) is 1.62. The van der Waals surface area contributed by atoms with Crippen molar-refractivity contribution in [2.75, 3.05) is 6.61 Å². The SMILES string of the molecule is CCCC(C)(CO)NC(=O)NCc1csc(-c2ccccc2)n1. The normalized spacial score (nSPS) is 13.3. The van der Waals surface area contributed by atoms with Gasteiger partial charge >= 0.3 is 6.03 Å². The van der Waals surface area contributed by atoms with Crippen molar-refractivity contribution in [2.24, 2.45) is 0 Å². The van der Waals surface area contributed by atoms with Gasteiger partial charge in [-0.15, -0.1) is 11.3 Å². The lowest BCUT2D eigenvalue weighted by atomic mass is 9.98. The molecule has 1 unspecified atom stereocenters.